The summed E-state index contributed by atoms with van der Waals surface area (Å²) in [7, 11) is 0. The van der Waals surface area contributed by atoms with E-state index in [4.69, 9.17) is 0 Å². The number of nitrogens with zero attached hydrogens (tertiary/aromatic N) is 2. The molecular formula is C14H26BrN3. The van der Waals surface area contributed by atoms with Gasteiger partial charge in [-0.25, -0.2) is 0 Å². The maximum absolute atomic E-state index is 4.45. The van der Waals surface area contributed by atoms with Crippen LogP contribution in [0.1, 0.15) is 52.7 Å². The first-order valence-corrected chi connectivity index (χ1v) is 7.71. The third kappa shape index (κ3) is 4.09. The maximum atomic E-state index is 4.45. The van der Waals surface area contributed by atoms with E-state index in [0.29, 0.717) is 17.9 Å². The van der Waals surface area contributed by atoms with Crippen LogP contribution in [-0.2, 0) is 6.54 Å². The van der Waals surface area contributed by atoms with Crippen molar-refractivity contribution < 1.29 is 0 Å². The number of hydrogen-bond donors (Lipinski definition) is 1. The second-order valence-electron chi connectivity index (χ2n) is 5.43. The lowest BCUT2D eigenvalue weighted by molar-refractivity contribution is 0.403. The molecular weight excluding hydrogens is 290 g/mol. The van der Waals surface area contributed by atoms with Crippen molar-refractivity contribution >= 4 is 15.9 Å². The van der Waals surface area contributed by atoms with Crippen LogP contribution in [0, 0.1) is 5.92 Å². The van der Waals surface area contributed by atoms with Gasteiger partial charge in [-0.3, -0.25) is 4.68 Å². The molecule has 1 rings (SSSR count). The van der Waals surface area contributed by atoms with Crippen LogP contribution in [0.25, 0.3) is 0 Å². The summed E-state index contributed by atoms with van der Waals surface area (Å²) in [6, 6.07) is 0.545. The van der Waals surface area contributed by atoms with Gasteiger partial charge in [-0.05, 0) is 34.8 Å². The molecule has 3 nitrogen and oxygen atoms in total. The lowest BCUT2D eigenvalue weighted by Crippen LogP contribution is -2.30. The zero-order valence-corrected chi connectivity index (χ0v) is 13.8. The molecule has 0 aliphatic carbocycles. The molecule has 0 amide bonds. The molecule has 18 heavy (non-hydrogen) atoms. The van der Waals surface area contributed by atoms with E-state index in [0.717, 1.165) is 24.0 Å². The van der Waals surface area contributed by atoms with Gasteiger partial charge in [-0.2, -0.15) is 5.10 Å². The Morgan fingerprint density at radius 1 is 1.33 bits per heavy atom. The van der Waals surface area contributed by atoms with E-state index in [9.17, 15) is 0 Å². The fourth-order valence-electron chi connectivity index (χ4n) is 2.08. The Morgan fingerprint density at radius 3 is 2.56 bits per heavy atom. The molecule has 0 aliphatic rings. The number of nitrogens with one attached hydrogen (secondary N) is 1. The molecule has 104 valence electrons. The Kier molecular flexibility index (Phi) is 6.36. The molecule has 0 fully saturated rings. The number of halogens is 1. The number of aromatic nitrogens is 2. The molecule has 1 aromatic rings. The first-order valence-electron chi connectivity index (χ1n) is 6.91. The maximum Gasteiger partial charge on any atom is 0.0635 e. The predicted molar refractivity (Wildman–Crippen MR) is 80.9 cm³/mol. The second-order valence-corrected chi connectivity index (χ2v) is 6.28. The van der Waals surface area contributed by atoms with Crippen molar-refractivity contribution in [1.82, 2.24) is 15.1 Å². The summed E-state index contributed by atoms with van der Waals surface area (Å²) in [5, 5.41) is 7.97. The molecule has 0 saturated heterocycles. The van der Waals surface area contributed by atoms with Gasteiger partial charge in [0.25, 0.3) is 0 Å². The van der Waals surface area contributed by atoms with Gasteiger partial charge in [0.15, 0.2) is 0 Å². The van der Waals surface area contributed by atoms with Crippen molar-refractivity contribution in [3.63, 3.8) is 0 Å². The summed E-state index contributed by atoms with van der Waals surface area (Å²) >= 11 is 3.63. The number of hydrogen-bond acceptors (Lipinski definition) is 2. The lowest BCUT2D eigenvalue weighted by atomic mass is 9.92. The third-order valence-corrected chi connectivity index (χ3v) is 4.01. The minimum absolute atomic E-state index is 0.500. The van der Waals surface area contributed by atoms with Crippen LogP contribution in [-0.4, -0.2) is 22.4 Å². The van der Waals surface area contributed by atoms with Gasteiger partial charge in [-0.1, -0.05) is 34.6 Å². The summed E-state index contributed by atoms with van der Waals surface area (Å²) in [4.78, 5) is 0. The SMILES string of the molecule is CCCn1ncc(Br)c1C(C)C(C)CNC(C)C. The molecule has 0 bridgehead atoms. The van der Waals surface area contributed by atoms with Crippen LogP contribution in [0.4, 0.5) is 0 Å². The van der Waals surface area contributed by atoms with Crippen LogP contribution in [0.3, 0.4) is 0 Å². The lowest BCUT2D eigenvalue weighted by Gasteiger charge is -2.23. The van der Waals surface area contributed by atoms with Crippen molar-refractivity contribution in [3.8, 4) is 0 Å². The van der Waals surface area contributed by atoms with Gasteiger partial charge in [-0.15, -0.1) is 0 Å². The highest BCUT2D eigenvalue weighted by atomic mass is 79.9. The summed E-state index contributed by atoms with van der Waals surface area (Å²) in [5.41, 5.74) is 1.33. The highest BCUT2D eigenvalue weighted by molar-refractivity contribution is 9.10. The molecule has 1 aromatic heterocycles. The topological polar surface area (TPSA) is 29.9 Å². The zero-order chi connectivity index (χ0) is 13.7. The van der Waals surface area contributed by atoms with E-state index in [1.807, 2.05) is 6.20 Å². The van der Waals surface area contributed by atoms with Crippen LogP contribution < -0.4 is 5.32 Å². The predicted octanol–water partition coefficient (Wildman–Crippen LogP) is 3.79. The molecule has 0 radical (unpaired) electrons. The minimum Gasteiger partial charge on any atom is -0.314 e. The summed E-state index contributed by atoms with van der Waals surface area (Å²) in [5.74, 6) is 1.09. The molecule has 0 aliphatic heterocycles. The Morgan fingerprint density at radius 2 is 2.00 bits per heavy atom. The fraction of sp³-hybridized carbons (Fsp3) is 0.786. The Hall–Kier alpha value is -0.350. The quantitative estimate of drug-likeness (QED) is 0.829. The van der Waals surface area contributed by atoms with Gasteiger partial charge in [0.05, 0.1) is 16.4 Å². The van der Waals surface area contributed by atoms with E-state index in [2.05, 4.69) is 65.6 Å². The largest absolute Gasteiger partial charge is 0.314 e. The summed E-state index contributed by atoms with van der Waals surface area (Å²) in [6.45, 7) is 13.2. The fourth-order valence-corrected chi connectivity index (χ4v) is 2.74. The molecule has 1 N–H and O–H groups in total. The first-order chi connectivity index (χ1) is 8.47. The Balaban J connectivity index is 2.75. The van der Waals surface area contributed by atoms with Gasteiger partial charge in [0, 0.05) is 18.5 Å². The zero-order valence-electron chi connectivity index (χ0n) is 12.2. The van der Waals surface area contributed by atoms with Gasteiger partial charge in [0.1, 0.15) is 0 Å². The Bertz CT molecular complexity index is 360. The van der Waals surface area contributed by atoms with E-state index >= 15 is 0 Å². The van der Waals surface area contributed by atoms with E-state index < -0.39 is 0 Å². The average Bonchev–Trinajstić information content (AvgIpc) is 2.67. The van der Waals surface area contributed by atoms with E-state index in [1.165, 1.54) is 5.69 Å². The van der Waals surface area contributed by atoms with Gasteiger partial charge < -0.3 is 5.32 Å². The molecule has 2 unspecified atom stereocenters. The summed E-state index contributed by atoms with van der Waals surface area (Å²) < 4.78 is 3.28. The highest BCUT2D eigenvalue weighted by Gasteiger charge is 2.21. The van der Waals surface area contributed by atoms with Crippen molar-refractivity contribution in [3.05, 3.63) is 16.4 Å². The second kappa shape index (κ2) is 7.29. The minimum atomic E-state index is 0.500. The third-order valence-electron chi connectivity index (χ3n) is 3.40. The van der Waals surface area contributed by atoms with Crippen molar-refractivity contribution in [2.45, 2.75) is 59.5 Å². The monoisotopic (exact) mass is 315 g/mol. The van der Waals surface area contributed by atoms with Gasteiger partial charge in [0.2, 0.25) is 0 Å². The van der Waals surface area contributed by atoms with Crippen LogP contribution in [0.5, 0.6) is 0 Å². The standard InChI is InChI=1S/C14H26BrN3/c1-6-7-18-14(13(15)9-17-18)12(5)11(4)8-16-10(2)3/h9-12,16H,6-8H2,1-5H3. The van der Waals surface area contributed by atoms with Gasteiger partial charge >= 0.3 is 0 Å². The van der Waals surface area contributed by atoms with Crippen molar-refractivity contribution in [2.24, 2.45) is 5.92 Å². The summed E-state index contributed by atoms with van der Waals surface area (Å²) in [6.07, 6.45) is 3.04. The first kappa shape index (κ1) is 15.7. The van der Waals surface area contributed by atoms with Crippen molar-refractivity contribution in [2.75, 3.05) is 6.54 Å². The van der Waals surface area contributed by atoms with Crippen LogP contribution in [0.2, 0.25) is 0 Å². The van der Waals surface area contributed by atoms with E-state index in [1.54, 1.807) is 0 Å². The molecule has 0 aromatic carbocycles. The smallest absolute Gasteiger partial charge is 0.0635 e. The molecule has 0 spiro atoms. The molecule has 2 atom stereocenters. The van der Waals surface area contributed by atoms with E-state index in [-0.39, 0.29) is 0 Å². The molecule has 1 heterocycles. The average molecular weight is 316 g/mol. The van der Waals surface area contributed by atoms with Crippen LogP contribution >= 0.6 is 15.9 Å². The molecule has 4 heteroatoms. The van der Waals surface area contributed by atoms with Crippen LogP contribution in [0.15, 0.2) is 10.7 Å². The Labute approximate surface area is 119 Å². The number of aryl methyl sites for hydroxylation is 1. The normalized spacial score (nSPS) is 15.1. The highest BCUT2D eigenvalue weighted by Crippen LogP contribution is 2.30. The number of rotatable bonds is 7. The van der Waals surface area contributed by atoms with Crippen molar-refractivity contribution in [1.29, 1.82) is 0 Å². The molecule has 0 saturated carbocycles.